The summed E-state index contributed by atoms with van der Waals surface area (Å²) < 4.78 is 21.2. The molecule has 8 heteroatoms. The number of nitrogens with one attached hydrogen (secondary N) is 1. The second-order valence-corrected chi connectivity index (χ2v) is 7.94. The summed E-state index contributed by atoms with van der Waals surface area (Å²) in [5, 5.41) is 12.0. The lowest BCUT2D eigenvalue weighted by molar-refractivity contribution is -0.146. The molecule has 0 radical (unpaired) electrons. The smallest absolute Gasteiger partial charge is 0.266 e. The molecule has 1 amide bonds. The zero-order valence-corrected chi connectivity index (χ0v) is 16.3. The number of likely N-dealkylation sites (tertiary alicyclic amines) is 1. The van der Waals surface area contributed by atoms with Crippen LogP contribution in [0.2, 0.25) is 0 Å². The van der Waals surface area contributed by atoms with Crippen molar-refractivity contribution < 1.29 is 13.9 Å². The summed E-state index contributed by atoms with van der Waals surface area (Å²) in [5.41, 5.74) is -1.01. The van der Waals surface area contributed by atoms with E-state index in [0.29, 0.717) is 24.8 Å². The highest BCUT2D eigenvalue weighted by Crippen LogP contribution is 2.30. The lowest BCUT2D eigenvalue weighted by Gasteiger charge is -2.37. The molecule has 2 aliphatic rings. The van der Waals surface area contributed by atoms with Crippen LogP contribution in [0.5, 0.6) is 5.75 Å². The molecule has 0 spiro atoms. The van der Waals surface area contributed by atoms with Crippen LogP contribution in [-0.4, -0.2) is 50.8 Å². The van der Waals surface area contributed by atoms with Crippen LogP contribution in [0, 0.1) is 5.82 Å². The molecule has 0 bridgehead atoms. The molecule has 0 unspecified atom stereocenters. The maximum absolute atomic E-state index is 13.1. The number of carbonyl (C=O) groups is 1. The maximum atomic E-state index is 13.1. The first-order chi connectivity index (χ1) is 13.4. The Morgan fingerprint density at radius 2 is 1.89 bits per heavy atom. The first kappa shape index (κ1) is 18.9. The van der Waals surface area contributed by atoms with E-state index in [1.165, 1.54) is 12.1 Å². The van der Waals surface area contributed by atoms with E-state index in [9.17, 15) is 9.18 Å². The Balaban J connectivity index is 1.38. The van der Waals surface area contributed by atoms with Crippen LogP contribution in [0.25, 0.3) is 0 Å². The van der Waals surface area contributed by atoms with Gasteiger partial charge in [0, 0.05) is 32.1 Å². The number of rotatable bonds is 4. The van der Waals surface area contributed by atoms with E-state index >= 15 is 0 Å². The van der Waals surface area contributed by atoms with Gasteiger partial charge in [0.15, 0.2) is 5.60 Å². The van der Waals surface area contributed by atoms with Gasteiger partial charge in [0.1, 0.15) is 23.2 Å². The number of benzene rings is 1. The zero-order valence-electron chi connectivity index (χ0n) is 16.3. The van der Waals surface area contributed by atoms with Crippen LogP contribution in [0.3, 0.4) is 0 Å². The van der Waals surface area contributed by atoms with Gasteiger partial charge >= 0.3 is 0 Å². The van der Waals surface area contributed by atoms with E-state index in [1.807, 2.05) is 4.90 Å². The van der Waals surface area contributed by atoms with Gasteiger partial charge < -0.3 is 19.5 Å². The number of hydrogen-bond donors (Lipinski definition) is 1. The van der Waals surface area contributed by atoms with Gasteiger partial charge in [0.25, 0.3) is 5.91 Å². The highest BCUT2D eigenvalue weighted by Gasteiger charge is 2.37. The Labute approximate surface area is 163 Å². The van der Waals surface area contributed by atoms with Gasteiger partial charge in [0.05, 0.1) is 6.54 Å². The minimum atomic E-state index is -1.01. The highest BCUT2D eigenvalue weighted by atomic mass is 19.1. The third-order valence-corrected chi connectivity index (χ3v) is 5.50. The quantitative estimate of drug-likeness (QED) is 0.870. The summed E-state index contributed by atoms with van der Waals surface area (Å²) in [7, 11) is 0. The summed E-state index contributed by atoms with van der Waals surface area (Å²) in [4.78, 5) is 14.9. The number of piperidine rings is 1. The number of nitrogens with zero attached hydrogens (tertiary/aromatic N) is 4. The molecule has 0 saturated carbocycles. The van der Waals surface area contributed by atoms with Crippen LogP contribution in [0.4, 0.5) is 4.39 Å². The molecule has 4 rings (SSSR count). The molecule has 1 aromatic carbocycles. The van der Waals surface area contributed by atoms with Crippen molar-refractivity contribution in [2.24, 2.45) is 0 Å². The van der Waals surface area contributed by atoms with Crippen molar-refractivity contribution in [3.8, 4) is 5.75 Å². The van der Waals surface area contributed by atoms with Crippen LogP contribution in [0.15, 0.2) is 24.3 Å². The van der Waals surface area contributed by atoms with Crippen molar-refractivity contribution in [1.82, 2.24) is 25.0 Å². The first-order valence-electron chi connectivity index (χ1n) is 9.81. The standard InChI is InChI=1S/C20H26FN5O2/c1-20(2,28-16-5-3-15(21)4-6-16)19(27)25-10-7-14(8-11-25)18-24-23-17-13-22-9-12-26(17)18/h3-6,14,22H,7-13H2,1-2H3. The van der Waals surface area contributed by atoms with Crippen LogP contribution in [0.1, 0.15) is 44.3 Å². The van der Waals surface area contributed by atoms with Gasteiger partial charge in [-0.3, -0.25) is 4.79 Å². The third kappa shape index (κ3) is 3.73. The molecule has 3 heterocycles. The van der Waals surface area contributed by atoms with Gasteiger partial charge in [-0.25, -0.2) is 4.39 Å². The molecule has 28 heavy (non-hydrogen) atoms. The minimum Gasteiger partial charge on any atom is -0.478 e. The molecule has 0 aliphatic carbocycles. The van der Waals surface area contributed by atoms with Crippen LogP contribution >= 0.6 is 0 Å². The minimum absolute atomic E-state index is 0.0530. The average Bonchev–Trinajstić information content (AvgIpc) is 3.13. The van der Waals surface area contributed by atoms with Crippen molar-refractivity contribution in [2.45, 2.75) is 51.3 Å². The maximum Gasteiger partial charge on any atom is 0.266 e. The Morgan fingerprint density at radius 1 is 1.18 bits per heavy atom. The molecular weight excluding hydrogens is 361 g/mol. The number of carbonyl (C=O) groups excluding carboxylic acids is 1. The molecule has 150 valence electrons. The van der Waals surface area contributed by atoms with Crippen molar-refractivity contribution >= 4 is 5.91 Å². The summed E-state index contributed by atoms with van der Waals surface area (Å²) in [6.07, 6.45) is 1.73. The van der Waals surface area contributed by atoms with Crippen molar-refractivity contribution in [1.29, 1.82) is 0 Å². The third-order valence-electron chi connectivity index (χ3n) is 5.50. The topological polar surface area (TPSA) is 72.3 Å². The molecule has 0 atom stereocenters. The Bertz CT molecular complexity index is 841. The van der Waals surface area contributed by atoms with E-state index in [1.54, 1.807) is 26.0 Å². The molecule has 7 nitrogen and oxygen atoms in total. The van der Waals surface area contributed by atoms with E-state index in [0.717, 1.165) is 44.1 Å². The van der Waals surface area contributed by atoms with Gasteiger partial charge in [-0.05, 0) is 51.0 Å². The van der Waals surface area contributed by atoms with E-state index in [2.05, 4.69) is 20.1 Å². The Hall–Kier alpha value is -2.48. The van der Waals surface area contributed by atoms with Crippen molar-refractivity contribution in [2.75, 3.05) is 19.6 Å². The highest BCUT2D eigenvalue weighted by molar-refractivity contribution is 5.85. The largest absolute Gasteiger partial charge is 0.478 e. The van der Waals surface area contributed by atoms with Gasteiger partial charge in [-0.2, -0.15) is 0 Å². The fourth-order valence-corrected chi connectivity index (χ4v) is 3.98. The Morgan fingerprint density at radius 3 is 2.61 bits per heavy atom. The van der Waals surface area contributed by atoms with Crippen molar-refractivity contribution in [3.63, 3.8) is 0 Å². The van der Waals surface area contributed by atoms with E-state index in [4.69, 9.17) is 4.74 Å². The molecule has 2 aliphatic heterocycles. The number of fused-ring (bicyclic) bond motifs is 1. The molecular formula is C20H26FN5O2. The SMILES string of the molecule is CC(C)(Oc1ccc(F)cc1)C(=O)N1CCC(c2nnc3n2CCNC3)CC1. The van der Waals surface area contributed by atoms with Crippen LogP contribution in [-0.2, 0) is 17.9 Å². The fraction of sp³-hybridized carbons (Fsp3) is 0.550. The van der Waals surface area contributed by atoms with E-state index < -0.39 is 5.60 Å². The summed E-state index contributed by atoms with van der Waals surface area (Å²) in [5.74, 6) is 2.47. The number of hydrogen-bond acceptors (Lipinski definition) is 5. The predicted octanol–water partition coefficient (Wildman–Crippen LogP) is 2.08. The second kappa shape index (κ2) is 7.50. The summed E-state index contributed by atoms with van der Waals surface area (Å²) >= 11 is 0. The number of halogens is 1. The predicted molar refractivity (Wildman–Crippen MR) is 101 cm³/mol. The molecule has 1 fully saturated rings. The van der Waals surface area contributed by atoms with Gasteiger partial charge in [0.2, 0.25) is 0 Å². The molecule has 2 aromatic rings. The van der Waals surface area contributed by atoms with Gasteiger partial charge in [-0.1, -0.05) is 0 Å². The lowest BCUT2D eigenvalue weighted by Crippen LogP contribution is -2.51. The van der Waals surface area contributed by atoms with Gasteiger partial charge in [-0.15, -0.1) is 10.2 Å². The lowest BCUT2D eigenvalue weighted by atomic mass is 9.94. The van der Waals surface area contributed by atoms with Crippen LogP contribution < -0.4 is 10.1 Å². The zero-order chi connectivity index (χ0) is 19.7. The number of amides is 1. The van der Waals surface area contributed by atoms with E-state index in [-0.39, 0.29) is 11.7 Å². The summed E-state index contributed by atoms with van der Waals surface area (Å²) in [6.45, 7) is 7.44. The molecule has 1 aromatic heterocycles. The Kier molecular flexibility index (Phi) is 5.05. The number of ether oxygens (including phenoxy) is 1. The normalized spacial score (nSPS) is 18.0. The molecule has 1 saturated heterocycles. The molecule has 1 N–H and O–H groups in total. The first-order valence-corrected chi connectivity index (χ1v) is 9.81. The van der Waals surface area contributed by atoms with Crippen molar-refractivity contribution in [3.05, 3.63) is 41.7 Å². The average molecular weight is 387 g/mol. The monoisotopic (exact) mass is 387 g/mol. The second-order valence-electron chi connectivity index (χ2n) is 7.94. The summed E-state index contributed by atoms with van der Waals surface area (Å²) in [6, 6.07) is 5.74. The number of aromatic nitrogens is 3. The fourth-order valence-electron chi connectivity index (χ4n) is 3.98.